The summed E-state index contributed by atoms with van der Waals surface area (Å²) in [5, 5.41) is 9.40. The second-order valence-corrected chi connectivity index (χ2v) is 9.12. The summed E-state index contributed by atoms with van der Waals surface area (Å²) in [6.07, 6.45) is 16.3. The highest BCUT2D eigenvalue weighted by Crippen LogP contribution is 2.18. The normalized spacial score (nSPS) is 12.6. The molecule has 0 aromatic heterocycles. The van der Waals surface area contributed by atoms with Crippen LogP contribution in [0.3, 0.4) is 0 Å². The minimum Gasteiger partial charge on any atom is -0.508 e. The van der Waals surface area contributed by atoms with E-state index in [0.29, 0.717) is 0 Å². The lowest BCUT2D eigenvalue weighted by Gasteiger charge is -2.18. The summed E-state index contributed by atoms with van der Waals surface area (Å²) in [7, 11) is 6.67. The second-order valence-electron chi connectivity index (χ2n) is 9.12. The number of esters is 1. The lowest BCUT2D eigenvalue weighted by Crippen LogP contribution is -2.17. The van der Waals surface area contributed by atoms with Gasteiger partial charge >= 0.3 is 5.97 Å². The smallest absolute Gasteiger partial charge is 0.331 e. The van der Waals surface area contributed by atoms with Crippen LogP contribution in [-0.2, 0) is 28.5 Å². The minimum atomic E-state index is -0.322. The summed E-state index contributed by atoms with van der Waals surface area (Å²) in [6, 6.07) is 6.71. The summed E-state index contributed by atoms with van der Waals surface area (Å²) < 4.78 is 26.8. The number of hydrogen-bond donors (Lipinski definition) is 1. The molecule has 7 nitrogen and oxygen atoms in total. The molecule has 1 N–H and O–H groups in total. The summed E-state index contributed by atoms with van der Waals surface area (Å²) in [5.41, 5.74) is 0.842. The maximum absolute atomic E-state index is 12.4. The van der Waals surface area contributed by atoms with E-state index >= 15 is 0 Å². The zero-order valence-electron chi connectivity index (χ0n) is 22.8. The first-order chi connectivity index (χ1) is 17.5. The molecular weight excluding hydrogens is 460 g/mol. The largest absolute Gasteiger partial charge is 0.508 e. The van der Waals surface area contributed by atoms with E-state index in [1.54, 1.807) is 58.8 Å². The minimum absolute atomic E-state index is 0.0771. The zero-order valence-corrected chi connectivity index (χ0v) is 22.8. The summed E-state index contributed by atoms with van der Waals surface area (Å²) >= 11 is 0. The van der Waals surface area contributed by atoms with Gasteiger partial charge in [-0.25, -0.2) is 4.79 Å². The second kappa shape index (κ2) is 21.2. The van der Waals surface area contributed by atoms with Crippen molar-refractivity contribution in [2.45, 2.75) is 102 Å². The van der Waals surface area contributed by atoms with E-state index in [4.69, 9.17) is 23.7 Å². The number of methoxy groups -OCH3 is 4. The van der Waals surface area contributed by atoms with Crippen LogP contribution >= 0.6 is 0 Å². The topological polar surface area (TPSA) is 83.5 Å². The molecule has 0 aliphatic carbocycles. The molecule has 0 saturated carbocycles. The number of carbonyl (C=O) groups is 1. The number of carbonyl (C=O) groups excluding carboxylic acids is 1. The third-order valence-corrected chi connectivity index (χ3v) is 6.32. The van der Waals surface area contributed by atoms with E-state index in [1.165, 1.54) is 25.3 Å². The maximum atomic E-state index is 12.4. The van der Waals surface area contributed by atoms with Crippen molar-refractivity contribution in [1.29, 1.82) is 0 Å². The van der Waals surface area contributed by atoms with Gasteiger partial charge in [-0.3, -0.25) is 0 Å². The quantitative estimate of drug-likeness (QED) is 0.0815. The van der Waals surface area contributed by atoms with Gasteiger partial charge in [-0.1, -0.05) is 44.2 Å². The molecule has 36 heavy (non-hydrogen) atoms. The van der Waals surface area contributed by atoms with Gasteiger partial charge in [-0.05, 0) is 75.1 Å². The van der Waals surface area contributed by atoms with E-state index in [2.05, 4.69) is 0 Å². The molecule has 0 unspecified atom stereocenters. The Morgan fingerprint density at radius 1 is 0.694 bits per heavy atom. The summed E-state index contributed by atoms with van der Waals surface area (Å²) in [5.74, 6) is -0.121. The Kier molecular flexibility index (Phi) is 18.9. The average Bonchev–Trinajstić information content (AvgIpc) is 2.89. The molecule has 0 radical (unpaired) electrons. The van der Waals surface area contributed by atoms with Crippen LogP contribution in [0.1, 0.15) is 89.0 Å². The van der Waals surface area contributed by atoms with Gasteiger partial charge in [0.15, 0.2) is 12.6 Å². The van der Waals surface area contributed by atoms with Crippen LogP contribution in [0.15, 0.2) is 30.3 Å². The molecule has 0 heterocycles. The first-order valence-electron chi connectivity index (χ1n) is 13.3. The lowest BCUT2D eigenvalue weighted by atomic mass is 10.0. The Balaban J connectivity index is 2.39. The van der Waals surface area contributed by atoms with Crippen LogP contribution in [0.2, 0.25) is 0 Å². The van der Waals surface area contributed by atoms with Crippen molar-refractivity contribution in [2.75, 3.05) is 28.4 Å². The number of hydrogen-bond acceptors (Lipinski definition) is 7. The molecule has 0 aliphatic heterocycles. The van der Waals surface area contributed by atoms with Crippen molar-refractivity contribution in [1.82, 2.24) is 0 Å². The molecule has 1 rings (SSSR count). The van der Waals surface area contributed by atoms with Crippen LogP contribution < -0.4 is 0 Å². The Morgan fingerprint density at radius 3 is 1.58 bits per heavy atom. The predicted octanol–water partition coefficient (Wildman–Crippen LogP) is 6.63. The van der Waals surface area contributed by atoms with Gasteiger partial charge in [-0.15, -0.1) is 0 Å². The molecule has 206 valence electrons. The zero-order chi connectivity index (χ0) is 26.4. The van der Waals surface area contributed by atoms with E-state index in [1.807, 2.05) is 0 Å². The molecule has 1 aromatic rings. The fraction of sp³-hybridized carbons (Fsp3) is 0.690. The van der Waals surface area contributed by atoms with Gasteiger partial charge in [0.05, 0.1) is 0 Å². The van der Waals surface area contributed by atoms with Crippen LogP contribution in [-0.4, -0.2) is 58.2 Å². The number of phenolic OH excluding ortho intramolecular Hbond substituents is 1. The lowest BCUT2D eigenvalue weighted by molar-refractivity contribution is -0.143. The van der Waals surface area contributed by atoms with E-state index in [-0.39, 0.29) is 30.4 Å². The van der Waals surface area contributed by atoms with Crippen molar-refractivity contribution in [3.8, 4) is 5.75 Å². The molecule has 0 amide bonds. The number of benzene rings is 1. The monoisotopic (exact) mass is 508 g/mol. The van der Waals surface area contributed by atoms with Crippen LogP contribution in [0.4, 0.5) is 0 Å². The fourth-order valence-corrected chi connectivity index (χ4v) is 4.13. The average molecular weight is 509 g/mol. The van der Waals surface area contributed by atoms with Gasteiger partial charge in [-0.2, -0.15) is 0 Å². The maximum Gasteiger partial charge on any atom is 0.331 e. The molecule has 0 saturated heterocycles. The molecule has 0 bridgehead atoms. The van der Waals surface area contributed by atoms with Gasteiger partial charge in [0.2, 0.25) is 0 Å². The third-order valence-electron chi connectivity index (χ3n) is 6.32. The predicted molar refractivity (Wildman–Crippen MR) is 143 cm³/mol. The molecular formula is C29H48O7. The van der Waals surface area contributed by atoms with E-state index < -0.39 is 0 Å². The Morgan fingerprint density at radius 2 is 1.11 bits per heavy atom. The number of rotatable bonds is 22. The number of ether oxygens (including phenoxy) is 5. The Bertz CT molecular complexity index is 681. The standard InChI is InChI=1S/C29H48O7/c1-32-28(33-2)16-12-8-6-5-7-10-14-26(15-11-9-13-17-29(34-3)35-4)36-27(31)23-20-24-18-21-25(30)22-19-24/h18-23,26,28-30H,5-17H2,1-4H3/t26-/m1/s1. The van der Waals surface area contributed by atoms with Gasteiger partial charge in [0, 0.05) is 34.5 Å². The molecule has 0 aliphatic rings. The summed E-state index contributed by atoms with van der Waals surface area (Å²) in [4.78, 5) is 12.4. The van der Waals surface area contributed by atoms with Crippen LogP contribution in [0, 0.1) is 0 Å². The van der Waals surface area contributed by atoms with Crippen molar-refractivity contribution in [3.63, 3.8) is 0 Å². The fourth-order valence-electron chi connectivity index (χ4n) is 4.13. The van der Waals surface area contributed by atoms with Gasteiger partial charge in [0.1, 0.15) is 11.9 Å². The Hall–Kier alpha value is -1.93. The van der Waals surface area contributed by atoms with Crippen molar-refractivity contribution >= 4 is 12.0 Å². The van der Waals surface area contributed by atoms with Gasteiger partial charge < -0.3 is 28.8 Å². The van der Waals surface area contributed by atoms with Crippen molar-refractivity contribution in [2.24, 2.45) is 0 Å². The number of phenols is 1. The van der Waals surface area contributed by atoms with E-state index in [0.717, 1.165) is 69.8 Å². The van der Waals surface area contributed by atoms with E-state index in [9.17, 15) is 9.90 Å². The van der Waals surface area contributed by atoms with Crippen LogP contribution in [0.5, 0.6) is 5.75 Å². The molecule has 1 atom stereocenters. The van der Waals surface area contributed by atoms with Crippen LogP contribution in [0.25, 0.3) is 6.08 Å². The summed E-state index contributed by atoms with van der Waals surface area (Å²) in [6.45, 7) is 0. The first kappa shape index (κ1) is 32.1. The molecule has 7 heteroatoms. The molecule has 0 fully saturated rings. The number of unbranched alkanes of at least 4 members (excludes halogenated alkanes) is 7. The highest BCUT2D eigenvalue weighted by Gasteiger charge is 2.13. The molecule has 0 spiro atoms. The van der Waals surface area contributed by atoms with Crippen molar-refractivity contribution in [3.05, 3.63) is 35.9 Å². The first-order valence-corrected chi connectivity index (χ1v) is 13.3. The Labute approximate surface area is 218 Å². The van der Waals surface area contributed by atoms with Gasteiger partial charge in [0.25, 0.3) is 0 Å². The molecule has 1 aromatic carbocycles. The van der Waals surface area contributed by atoms with Crippen molar-refractivity contribution < 1.29 is 33.6 Å². The SMILES string of the molecule is COC(CCCCCCCC[C@H](CCCCCC(OC)OC)OC(=O)C=Cc1ccc(O)cc1)OC. The third kappa shape index (κ3) is 15.9. The number of aromatic hydroxyl groups is 1. The highest BCUT2D eigenvalue weighted by molar-refractivity contribution is 5.87. The highest BCUT2D eigenvalue weighted by atomic mass is 16.7.